The minimum Gasteiger partial charge on any atom is -0.330 e. The van der Waals surface area contributed by atoms with E-state index in [1.807, 2.05) is 0 Å². The van der Waals surface area contributed by atoms with Crippen LogP contribution in [0.3, 0.4) is 0 Å². The molecule has 2 nitrogen and oxygen atoms in total. The predicted octanol–water partition coefficient (Wildman–Crippen LogP) is 2.05. The van der Waals surface area contributed by atoms with Gasteiger partial charge < -0.3 is 5.73 Å². The third kappa shape index (κ3) is 3.70. The van der Waals surface area contributed by atoms with E-state index in [0.717, 1.165) is 18.1 Å². The summed E-state index contributed by atoms with van der Waals surface area (Å²) in [5, 5.41) is 0.472. The van der Waals surface area contributed by atoms with Crippen molar-refractivity contribution in [2.24, 2.45) is 11.7 Å². The summed E-state index contributed by atoms with van der Waals surface area (Å²) >= 11 is 0. The minimum absolute atomic E-state index is 0.472. The number of hydrogen-bond donors (Lipinski definition) is 1. The molecule has 0 heterocycles. The third-order valence-electron chi connectivity index (χ3n) is 3.23. The van der Waals surface area contributed by atoms with Crippen molar-refractivity contribution in [1.82, 2.24) is 0 Å². The topological polar surface area (TPSA) is 43.1 Å². The predicted molar refractivity (Wildman–Crippen MR) is 62.7 cm³/mol. The molecule has 0 spiro atoms. The largest absolute Gasteiger partial charge is 0.330 e. The molecule has 1 aliphatic carbocycles. The average molecular weight is 217 g/mol. The molecule has 1 rings (SSSR count). The highest BCUT2D eigenvalue weighted by molar-refractivity contribution is 7.85. The van der Waals surface area contributed by atoms with Gasteiger partial charge in [-0.1, -0.05) is 26.2 Å². The molecule has 0 aliphatic heterocycles. The zero-order valence-electron chi connectivity index (χ0n) is 9.21. The second-order valence-corrected chi connectivity index (χ2v) is 6.13. The second kappa shape index (κ2) is 6.57. The van der Waals surface area contributed by atoms with Crippen LogP contribution in [0.15, 0.2) is 0 Å². The van der Waals surface area contributed by atoms with Gasteiger partial charge in [0.1, 0.15) is 0 Å². The molecule has 3 heteroatoms. The SMILES string of the molecule is CCC1CCCC(S(=O)CCCN)C1. The van der Waals surface area contributed by atoms with Crippen molar-refractivity contribution in [3.8, 4) is 0 Å². The van der Waals surface area contributed by atoms with Crippen molar-refractivity contribution >= 4 is 10.8 Å². The van der Waals surface area contributed by atoms with Gasteiger partial charge in [0, 0.05) is 21.8 Å². The van der Waals surface area contributed by atoms with Gasteiger partial charge in [-0.15, -0.1) is 0 Å². The Balaban J connectivity index is 2.31. The molecule has 2 N–H and O–H groups in total. The highest BCUT2D eigenvalue weighted by atomic mass is 32.2. The Morgan fingerprint density at radius 1 is 1.43 bits per heavy atom. The van der Waals surface area contributed by atoms with Gasteiger partial charge in [0.25, 0.3) is 0 Å². The van der Waals surface area contributed by atoms with Gasteiger partial charge >= 0.3 is 0 Å². The monoisotopic (exact) mass is 217 g/mol. The lowest BCUT2D eigenvalue weighted by molar-refractivity contribution is 0.353. The van der Waals surface area contributed by atoms with Crippen LogP contribution in [0, 0.1) is 5.92 Å². The Kier molecular flexibility index (Phi) is 5.71. The molecule has 1 aliphatic rings. The molecule has 1 saturated carbocycles. The van der Waals surface area contributed by atoms with Crippen LogP contribution in [0.2, 0.25) is 0 Å². The molecule has 3 unspecified atom stereocenters. The van der Waals surface area contributed by atoms with Crippen LogP contribution in [0.1, 0.15) is 45.4 Å². The molecule has 0 aromatic heterocycles. The summed E-state index contributed by atoms with van der Waals surface area (Å²) in [4.78, 5) is 0. The maximum atomic E-state index is 11.9. The third-order valence-corrected chi connectivity index (χ3v) is 5.10. The molecule has 1 fully saturated rings. The maximum absolute atomic E-state index is 11.9. The molecule has 0 aromatic carbocycles. The number of nitrogens with two attached hydrogens (primary N) is 1. The van der Waals surface area contributed by atoms with Crippen LogP contribution in [0.4, 0.5) is 0 Å². The van der Waals surface area contributed by atoms with E-state index < -0.39 is 10.8 Å². The lowest BCUT2D eigenvalue weighted by atomic mass is 9.87. The van der Waals surface area contributed by atoms with Crippen LogP contribution in [-0.4, -0.2) is 21.8 Å². The van der Waals surface area contributed by atoms with Crippen LogP contribution in [-0.2, 0) is 10.8 Å². The van der Waals surface area contributed by atoms with Gasteiger partial charge in [0.2, 0.25) is 0 Å². The first kappa shape index (κ1) is 12.2. The fourth-order valence-corrected chi connectivity index (χ4v) is 3.94. The Bertz CT molecular complexity index is 184. The normalized spacial score (nSPS) is 30.1. The molecule has 0 bridgehead atoms. The molecular formula is C11H23NOS. The summed E-state index contributed by atoms with van der Waals surface area (Å²) in [7, 11) is -0.609. The van der Waals surface area contributed by atoms with Crippen molar-refractivity contribution in [3.63, 3.8) is 0 Å². The van der Waals surface area contributed by atoms with Crippen molar-refractivity contribution in [3.05, 3.63) is 0 Å². The average Bonchev–Trinajstić information content (AvgIpc) is 2.26. The molecule has 0 aromatic rings. The van der Waals surface area contributed by atoms with Crippen LogP contribution in [0.25, 0.3) is 0 Å². The van der Waals surface area contributed by atoms with Crippen molar-refractivity contribution in [2.45, 2.75) is 50.7 Å². The summed E-state index contributed by atoms with van der Waals surface area (Å²) in [6.07, 6.45) is 7.16. The first-order valence-corrected chi connectivity index (χ1v) is 7.23. The minimum atomic E-state index is -0.609. The summed E-state index contributed by atoms with van der Waals surface area (Å²) in [5.74, 6) is 1.65. The lowest BCUT2D eigenvalue weighted by Gasteiger charge is -2.27. The van der Waals surface area contributed by atoms with Crippen molar-refractivity contribution < 1.29 is 4.21 Å². The van der Waals surface area contributed by atoms with Gasteiger partial charge in [-0.2, -0.15) is 0 Å². The zero-order chi connectivity index (χ0) is 10.4. The first-order chi connectivity index (χ1) is 6.77. The van der Waals surface area contributed by atoms with Gasteiger partial charge in [0.15, 0.2) is 0 Å². The Hall–Kier alpha value is 0.110. The smallest absolute Gasteiger partial charge is 0.0350 e. The quantitative estimate of drug-likeness (QED) is 0.766. The summed E-state index contributed by atoms with van der Waals surface area (Å²) in [6, 6.07) is 0. The second-order valence-electron chi connectivity index (χ2n) is 4.29. The highest BCUT2D eigenvalue weighted by Gasteiger charge is 2.24. The summed E-state index contributed by atoms with van der Waals surface area (Å²) in [5.41, 5.74) is 5.43. The van der Waals surface area contributed by atoms with Crippen LogP contribution < -0.4 is 5.73 Å². The molecule has 84 valence electrons. The zero-order valence-corrected chi connectivity index (χ0v) is 10.0. The van der Waals surface area contributed by atoms with E-state index in [1.54, 1.807) is 0 Å². The van der Waals surface area contributed by atoms with Crippen LogP contribution in [0.5, 0.6) is 0 Å². The summed E-state index contributed by atoms with van der Waals surface area (Å²) in [6.45, 7) is 2.92. The maximum Gasteiger partial charge on any atom is 0.0350 e. The highest BCUT2D eigenvalue weighted by Crippen LogP contribution is 2.29. The molecule has 0 radical (unpaired) electrons. The van der Waals surface area contributed by atoms with Gasteiger partial charge in [-0.05, 0) is 31.7 Å². The van der Waals surface area contributed by atoms with Gasteiger partial charge in [-0.25, -0.2) is 0 Å². The standard InChI is InChI=1S/C11H23NOS/c1-2-10-5-3-6-11(9-10)14(13)8-4-7-12/h10-11H,2-9,12H2,1H3. The van der Waals surface area contributed by atoms with E-state index >= 15 is 0 Å². The number of rotatable bonds is 5. The van der Waals surface area contributed by atoms with E-state index in [0.29, 0.717) is 11.8 Å². The molecule has 14 heavy (non-hydrogen) atoms. The molecule has 0 amide bonds. The number of hydrogen-bond acceptors (Lipinski definition) is 2. The fourth-order valence-electron chi connectivity index (χ4n) is 2.24. The van der Waals surface area contributed by atoms with E-state index in [1.165, 1.54) is 32.1 Å². The van der Waals surface area contributed by atoms with Crippen LogP contribution >= 0.6 is 0 Å². The molecule has 3 atom stereocenters. The van der Waals surface area contributed by atoms with E-state index in [9.17, 15) is 4.21 Å². The van der Waals surface area contributed by atoms with Crippen molar-refractivity contribution in [2.75, 3.05) is 12.3 Å². The molecule has 0 saturated heterocycles. The Labute approximate surface area is 90.1 Å². The lowest BCUT2D eigenvalue weighted by Crippen LogP contribution is -2.26. The first-order valence-electron chi connectivity index (χ1n) is 5.85. The molecular weight excluding hydrogens is 194 g/mol. The van der Waals surface area contributed by atoms with E-state index in [-0.39, 0.29) is 0 Å². The van der Waals surface area contributed by atoms with Crippen molar-refractivity contribution in [1.29, 1.82) is 0 Å². The summed E-state index contributed by atoms with van der Waals surface area (Å²) < 4.78 is 11.9. The van der Waals surface area contributed by atoms with E-state index in [2.05, 4.69) is 6.92 Å². The van der Waals surface area contributed by atoms with E-state index in [4.69, 9.17) is 5.73 Å². The van der Waals surface area contributed by atoms with Gasteiger partial charge in [0.05, 0.1) is 0 Å². The fraction of sp³-hybridized carbons (Fsp3) is 1.00. The van der Waals surface area contributed by atoms with Gasteiger partial charge in [-0.3, -0.25) is 4.21 Å². The Morgan fingerprint density at radius 3 is 2.86 bits per heavy atom. The Morgan fingerprint density at radius 2 is 2.21 bits per heavy atom.